The summed E-state index contributed by atoms with van der Waals surface area (Å²) in [6, 6.07) is 14.4. The molecule has 0 N–H and O–H groups in total. The van der Waals surface area contributed by atoms with Gasteiger partial charge in [0.1, 0.15) is 5.70 Å². The van der Waals surface area contributed by atoms with Gasteiger partial charge < -0.3 is 9.64 Å². The van der Waals surface area contributed by atoms with Crippen LogP contribution < -0.4 is 4.90 Å². The van der Waals surface area contributed by atoms with Crippen LogP contribution in [0.1, 0.15) is 25.0 Å². The summed E-state index contributed by atoms with van der Waals surface area (Å²) in [7, 11) is 0. The molecule has 150 valence electrons. The zero-order valence-electron chi connectivity index (χ0n) is 16.7. The van der Waals surface area contributed by atoms with Crippen LogP contribution in [0.3, 0.4) is 0 Å². The number of halogens is 1. The number of carbonyl (C=O) groups is 2. The standard InChI is InChI=1S/C23H23ClN2O3/c1-14-4-10-19(11-5-14)26-22(27)20(17-6-8-18(24)9-7-17)21(23(26)28)25-12-15(2)29-16(3)13-25/h4-11,15-16H,12-13H2,1-3H3. The lowest BCUT2D eigenvalue weighted by Gasteiger charge is -2.37. The van der Waals surface area contributed by atoms with E-state index in [1.807, 2.05) is 37.8 Å². The fourth-order valence-electron chi connectivity index (χ4n) is 3.98. The number of aryl methyl sites for hydroxylation is 1. The summed E-state index contributed by atoms with van der Waals surface area (Å²) >= 11 is 6.04. The van der Waals surface area contributed by atoms with Gasteiger partial charge in [0.05, 0.1) is 23.5 Å². The molecule has 0 bridgehead atoms. The molecule has 5 nitrogen and oxygen atoms in total. The van der Waals surface area contributed by atoms with Crippen LogP contribution in [0.15, 0.2) is 54.2 Å². The predicted molar refractivity (Wildman–Crippen MR) is 114 cm³/mol. The maximum absolute atomic E-state index is 13.5. The Hall–Kier alpha value is -2.63. The smallest absolute Gasteiger partial charge is 0.282 e. The first-order valence-electron chi connectivity index (χ1n) is 9.71. The van der Waals surface area contributed by atoms with Gasteiger partial charge in [-0.25, -0.2) is 4.90 Å². The predicted octanol–water partition coefficient (Wildman–Crippen LogP) is 4.04. The van der Waals surface area contributed by atoms with Crippen molar-refractivity contribution in [1.82, 2.24) is 4.90 Å². The lowest BCUT2D eigenvalue weighted by atomic mass is 10.0. The zero-order chi connectivity index (χ0) is 20.7. The van der Waals surface area contributed by atoms with E-state index in [9.17, 15) is 9.59 Å². The highest BCUT2D eigenvalue weighted by atomic mass is 35.5. The van der Waals surface area contributed by atoms with Gasteiger partial charge in [0.25, 0.3) is 11.8 Å². The van der Waals surface area contributed by atoms with E-state index >= 15 is 0 Å². The zero-order valence-corrected chi connectivity index (χ0v) is 17.4. The molecule has 1 saturated heterocycles. The number of rotatable bonds is 3. The van der Waals surface area contributed by atoms with E-state index in [2.05, 4.69) is 0 Å². The third-order valence-electron chi connectivity index (χ3n) is 5.22. The molecule has 0 aromatic heterocycles. The van der Waals surface area contributed by atoms with Gasteiger partial charge >= 0.3 is 0 Å². The van der Waals surface area contributed by atoms with Crippen LogP contribution in [0.2, 0.25) is 5.02 Å². The van der Waals surface area contributed by atoms with Crippen molar-refractivity contribution in [3.05, 3.63) is 70.4 Å². The van der Waals surface area contributed by atoms with Gasteiger partial charge in [0, 0.05) is 18.1 Å². The number of imide groups is 1. The molecule has 2 unspecified atom stereocenters. The Bertz CT molecular complexity index is 972. The summed E-state index contributed by atoms with van der Waals surface area (Å²) < 4.78 is 5.83. The van der Waals surface area contributed by atoms with Gasteiger partial charge in [0.15, 0.2) is 0 Å². The number of amides is 2. The highest BCUT2D eigenvalue weighted by Crippen LogP contribution is 2.36. The monoisotopic (exact) mass is 410 g/mol. The average molecular weight is 411 g/mol. The van der Waals surface area contributed by atoms with Gasteiger partial charge in [-0.2, -0.15) is 0 Å². The van der Waals surface area contributed by atoms with Crippen molar-refractivity contribution in [1.29, 1.82) is 0 Å². The Morgan fingerprint density at radius 2 is 1.48 bits per heavy atom. The number of anilines is 1. The molecule has 4 rings (SSSR count). The second-order valence-corrected chi connectivity index (χ2v) is 8.11. The van der Waals surface area contributed by atoms with Gasteiger partial charge in [0.2, 0.25) is 0 Å². The number of hydrogen-bond donors (Lipinski definition) is 0. The van der Waals surface area contributed by atoms with Crippen molar-refractivity contribution < 1.29 is 14.3 Å². The summed E-state index contributed by atoms with van der Waals surface area (Å²) in [5, 5.41) is 0.580. The summed E-state index contributed by atoms with van der Waals surface area (Å²) in [5.41, 5.74) is 3.16. The highest BCUT2D eigenvalue weighted by Gasteiger charge is 2.43. The Morgan fingerprint density at radius 3 is 2.07 bits per heavy atom. The van der Waals surface area contributed by atoms with Crippen LogP contribution in [-0.4, -0.2) is 42.0 Å². The topological polar surface area (TPSA) is 49.9 Å². The van der Waals surface area contributed by atoms with Gasteiger partial charge in [-0.15, -0.1) is 0 Å². The molecule has 29 heavy (non-hydrogen) atoms. The van der Waals surface area contributed by atoms with E-state index < -0.39 is 0 Å². The van der Waals surface area contributed by atoms with E-state index in [-0.39, 0.29) is 24.0 Å². The molecule has 2 atom stereocenters. The van der Waals surface area contributed by atoms with Crippen LogP contribution in [0.25, 0.3) is 5.57 Å². The summed E-state index contributed by atoms with van der Waals surface area (Å²) in [6.07, 6.45) is -0.0666. The molecule has 0 spiro atoms. The highest BCUT2D eigenvalue weighted by molar-refractivity contribution is 6.45. The maximum atomic E-state index is 13.5. The first kappa shape index (κ1) is 19.7. The lowest BCUT2D eigenvalue weighted by molar-refractivity contribution is -0.121. The molecule has 2 aromatic rings. The lowest BCUT2D eigenvalue weighted by Crippen LogP contribution is -2.47. The third kappa shape index (κ3) is 3.68. The van der Waals surface area contributed by atoms with Gasteiger partial charge in [-0.05, 0) is 50.6 Å². The average Bonchev–Trinajstić information content (AvgIpc) is 2.93. The molecule has 0 aliphatic carbocycles. The molecule has 2 aromatic carbocycles. The van der Waals surface area contributed by atoms with E-state index in [4.69, 9.17) is 16.3 Å². The second-order valence-electron chi connectivity index (χ2n) is 7.67. The first-order chi connectivity index (χ1) is 13.8. The quantitative estimate of drug-likeness (QED) is 0.716. The molecule has 2 aliphatic heterocycles. The van der Waals surface area contributed by atoms with Gasteiger partial charge in [-0.3, -0.25) is 9.59 Å². The van der Waals surface area contributed by atoms with Crippen LogP contribution in [0.4, 0.5) is 5.69 Å². The van der Waals surface area contributed by atoms with Crippen molar-refractivity contribution in [2.75, 3.05) is 18.0 Å². The molecule has 0 saturated carbocycles. The Labute approximate surface area is 175 Å². The van der Waals surface area contributed by atoms with Crippen molar-refractivity contribution in [2.24, 2.45) is 0 Å². The Morgan fingerprint density at radius 1 is 0.897 bits per heavy atom. The van der Waals surface area contributed by atoms with Crippen LogP contribution in [0.5, 0.6) is 0 Å². The minimum atomic E-state index is -0.317. The summed E-state index contributed by atoms with van der Waals surface area (Å²) in [5.74, 6) is -0.618. The van der Waals surface area contributed by atoms with E-state index in [1.165, 1.54) is 4.90 Å². The summed E-state index contributed by atoms with van der Waals surface area (Å²) in [4.78, 5) is 30.2. The summed E-state index contributed by atoms with van der Waals surface area (Å²) in [6.45, 7) is 7.03. The van der Waals surface area contributed by atoms with E-state index in [0.29, 0.717) is 40.6 Å². The molecule has 2 heterocycles. The SMILES string of the molecule is Cc1ccc(N2C(=O)C(c3ccc(Cl)cc3)=C(N3CC(C)OC(C)C3)C2=O)cc1. The van der Waals surface area contributed by atoms with Gasteiger partial charge in [-0.1, -0.05) is 41.4 Å². The molecule has 2 amide bonds. The minimum absolute atomic E-state index is 0.0333. The molecular weight excluding hydrogens is 388 g/mol. The van der Waals surface area contributed by atoms with Crippen molar-refractivity contribution in [3.8, 4) is 0 Å². The number of benzene rings is 2. The number of morpholine rings is 1. The minimum Gasteiger partial charge on any atom is -0.372 e. The fourth-order valence-corrected chi connectivity index (χ4v) is 4.10. The maximum Gasteiger partial charge on any atom is 0.282 e. The Balaban J connectivity index is 1.82. The number of nitrogens with zero attached hydrogens (tertiary/aromatic N) is 2. The second kappa shape index (κ2) is 7.65. The fraction of sp³-hybridized carbons (Fsp3) is 0.304. The largest absolute Gasteiger partial charge is 0.372 e. The molecule has 6 heteroatoms. The van der Waals surface area contributed by atoms with Crippen LogP contribution >= 0.6 is 11.6 Å². The van der Waals surface area contributed by atoms with E-state index in [1.54, 1.807) is 36.4 Å². The normalized spacial score (nSPS) is 22.6. The number of carbonyl (C=O) groups excluding carboxylic acids is 2. The molecule has 0 radical (unpaired) electrons. The molecule has 2 aliphatic rings. The number of ether oxygens (including phenoxy) is 1. The van der Waals surface area contributed by atoms with Crippen molar-refractivity contribution in [2.45, 2.75) is 33.0 Å². The Kier molecular flexibility index (Phi) is 5.19. The molecular formula is C23H23ClN2O3. The number of hydrogen-bond acceptors (Lipinski definition) is 4. The van der Waals surface area contributed by atoms with Crippen molar-refractivity contribution in [3.63, 3.8) is 0 Å². The van der Waals surface area contributed by atoms with E-state index in [0.717, 1.165) is 5.56 Å². The van der Waals surface area contributed by atoms with Crippen LogP contribution in [0, 0.1) is 6.92 Å². The third-order valence-corrected chi connectivity index (χ3v) is 5.47. The molecule has 1 fully saturated rings. The van der Waals surface area contributed by atoms with Crippen LogP contribution in [-0.2, 0) is 14.3 Å². The van der Waals surface area contributed by atoms with Crippen molar-refractivity contribution >= 4 is 34.7 Å². The first-order valence-corrected chi connectivity index (χ1v) is 10.1.